The first-order valence-electron chi connectivity index (χ1n) is 14.9. The molecule has 3 atom stereocenters. The molecule has 4 rings (SSSR count). The fourth-order valence-electron chi connectivity index (χ4n) is 3.60. The molecule has 1 aliphatic heterocycles. The van der Waals surface area contributed by atoms with Crippen LogP contribution in [0.5, 0.6) is 0 Å². The number of fused-ring (bicyclic) bond motifs is 2. The molecule has 0 saturated carbocycles. The van der Waals surface area contributed by atoms with E-state index in [1.165, 1.54) is 55.1 Å². The molecule has 4 heterocycles. The first kappa shape index (κ1) is 48.9. The predicted molar refractivity (Wildman–Crippen MR) is 192 cm³/mol. The van der Waals surface area contributed by atoms with Crippen LogP contribution in [0.15, 0.2) is 30.5 Å². The summed E-state index contributed by atoms with van der Waals surface area (Å²) in [5.41, 5.74) is -0.931. The maximum Gasteiger partial charge on any atom is 0.336 e. The molecule has 296 valence electrons. The van der Waals surface area contributed by atoms with Crippen molar-refractivity contribution in [3.05, 3.63) is 53.6 Å². The van der Waals surface area contributed by atoms with Crippen molar-refractivity contribution in [1.82, 2.24) is 28.7 Å². The molecular weight excluding hydrogens is 714 g/mol. The number of carbonyl (C=O) groups excluding carboxylic acids is 3. The summed E-state index contributed by atoms with van der Waals surface area (Å²) in [7, 11) is 3.14. The van der Waals surface area contributed by atoms with E-state index in [1.807, 2.05) is 0 Å². The van der Waals surface area contributed by atoms with Gasteiger partial charge in [-0.1, -0.05) is 28.7 Å². The number of hydrogen-bond donors (Lipinski definition) is 3. The summed E-state index contributed by atoms with van der Waals surface area (Å²) < 4.78 is 48.2. The highest BCUT2D eigenvalue weighted by Gasteiger charge is 2.21. The predicted octanol–water partition coefficient (Wildman–Crippen LogP) is -0.148. The number of nitrogens with zero attached hydrogens (tertiary/aromatic N) is 5. The van der Waals surface area contributed by atoms with Crippen LogP contribution >= 0.6 is 0 Å². The summed E-state index contributed by atoms with van der Waals surface area (Å²) in [5.74, 6) is -1.33. The minimum absolute atomic E-state index is 0. The minimum Gasteiger partial charge on any atom is -0.467 e. The Bertz CT molecular complexity index is 2030. The molecule has 3 aromatic heterocycles. The summed E-state index contributed by atoms with van der Waals surface area (Å²) in [6, 6.07) is -0.696. The number of hydrogen-bond acceptors (Lipinski definition) is 16. The summed E-state index contributed by atoms with van der Waals surface area (Å²) in [6.07, 6.45) is 2.27. The second-order valence-corrected chi connectivity index (χ2v) is 11.2. The highest BCUT2D eigenvalue weighted by atomic mass is 32.2. The number of aliphatic hydroxyl groups is 1. The van der Waals surface area contributed by atoms with Crippen LogP contribution in [0.1, 0.15) is 62.4 Å². The molecule has 0 aliphatic carbocycles. The van der Waals surface area contributed by atoms with Gasteiger partial charge < -0.3 is 23.9 Å². The number of esters is 3. The molecular formula is C30H51N7O14S. The van der Waals surface area contributed by atoms with E-state index in [0.717, 1.165) is 13.4 Å². The molecule has 0 saturated heterocycles. The number of methoxy groups -OCH3 is 3. The standard InChI is InChI=1S/C10H12N4O4.C7H7N3O2.C5H10O5S.C4H8O3.C2H6.2CH4/c1-5(9(16)18-3)14-4-11-7-6(14)8(15)12-10(17)13(7)2;1-10-5-4(2-3-8-5)6(11)9-7(10)12;1-4(5(6)9-2)10-11(3,7)8;1-3(5)4(6)7-2;1-2;;/h4-5H,1-3H3,(H,12,15,17);3H,2H2,1H3,(H,9,11,12);4H,1-3H3;3,5H,1-2H3;1-2H3;2*1H4/t5-;;4-;3-;;;/m0.11.../s1/i;;;;1D;;. The Morgan fingerprint density at radius 2 is 1.38 bits per heavy atom. The SMILES string of the molecule is C.C.COC(=O)[C@@H](C)O.COC(=O)[C@@H](C)OS(C)(=O)=O.COC(=O)[C@H](C)n1cnc2c1c(=O)[nH]c(=O)n2C.Cn1c2c(c(=O)[nH]c1=O)CC=N2.[2H]CC. The number of aliphatic imine (C=N–C) groups is 1. The lowest BCUT2D eigenvalue weighted by Crippen LogP contribution is -2.30. The minimum atomic E-state index is -3.58. The van der Waals surface area contributed by atoms with Gasteiger partial charge in [0.25, 0.3) is 21.2 Å². The van der Waals surface area contributed by atoms with Crippen molar-refractivity contribution in [1.29, 1.82) is 0 Å². The topological polar surface area (TPSA) is 282 Å². The number of carbonyl (C=O) groups is 3. The number of nitrogens with one attached hydrogen (secondary N) is 2. The van der Waals surface area contributed by atoms with E-state index in [1.54, 1.807) is 27.1 Å². The van der Waals surface area contributed by atoms with Gasteiger partial charge in [0.15, 0.2) is 17.3 Å². The van der Waals surface area contributed by atoms with Crippen LogP contribution in [0.4, 0.5) is 5.82 Å². The summed E-state index contributed by atoms with van der Waals surface area (Å²) in [4.78, 5) is 89.7. The van der Waals surface area contributed by atoms with E-state index in [-0.39, 0.29) is 31.6 Å². The maximum absolute atomic E-state index is 11.8. The van der Waals surface area contributed by atoms with Gasteiger partial charge in [-0.3, -0.25) is 32.9 Å². The smallest absolute Gasteiger partial charge is 0.336 e. The fraction of sp³-hybridized carbons (Fsp3) is 0.567. The van der Waals surface area contributed by atoms with E-state index >= 15 is 0 Å². The number of ether oxygens (including phenoxy) is 3. The number of imidazole rings is 1. The van der Waals surface area contributed by atoms with Gasteiger partial charge in [-0.15, -0.1) is 0 Å². The number of aryl methyl sites for hydroxylation is 1. The Kier molecular flexibility index (Phi) is 21.9. The van der Waals surface area contributed by atoms with Crippen molar-refractivity contribution in [3.8, 4) is 0 Å². The molecule has 0 aromatic carbocycles. The largest absolute Gasteiger partial charge is 0.467 e. The number of aromatic nitrogens is 6. The molecule has 0 spiro atoms. The van der Waals surface area contributed by atoms with Gasteiger partial charge in [-0.05, 0) is 20.8 Å². The normalized spacial score (nSPS) is 12.6. The lowest BCUT2D eigenvalue weighted by atomic mass is 10.2. The van der Waals surface area contributed by atoms with Crippen molar-refractivity contribution >= 4 is 51.2 Å². The first-order valence-corrected chi connectivity index (χ1v) is 16.0. The maximum atomic E-state index is 11.8. The van der Waals surface area contributed by atoms with Gasteiger partial charge in [0.05, 0.1) is 39.5 Å². The number of aromatic amines is 2. The van der Waals surface area contributed by atoms with Gasteiger partial charge in [0.2, 0.25) is 0 Å². The number of rotatable bonds is 6. The Labute approximate surface area is 301 Å². The van der Waals surface area contributed by atoms with E-state index in [4.69, 9.17) is 6.48 Å². The Hall–Kier alpha value is -5.22. The van der Waals surface area contributed by atoms with E-state index in [9.17, 15) is 42.0 Å². The van der Waals surface area contributed by atoms with Crippen LogP contribution in [0, 0.1) is 0 Å². The van der Waals surface area contributed by atoms with Crippen LogP contribution in [0.25, 0.3) is 11.2 Å². The van der Waals surface area contributed by atoms with Crippen molar-refractivity contribution in [3.63, 3.8) is 0 Å². The fourth-order valence-corrected chi connectivity index (χ4v) is 4.20. The van der Waals surface area contributed by atoms with Crippen molar-refractivity contribution in [2.24, 2.45) is 19.1 Å². The molecule has 0 bridgehead atoms. The van der Waals surface area contributed by atoms with Gasteiger partial charge in [0, 0.05) is 28.1 Å². The third kappa shape index (κ3) is 14.6. The summed E-state index contributed by atoms with van der Waals surface area (Å²) >= 11 is 0. The Morgan fingerprint density at radius 3 is 1.83 bits per heavy atom. The van der Waals surface area contributed by atoms with Gasteiger partial charge in [0.1, 0.15) is 18.0 Å². The van der Waals surface area contributed by atoms with Crippen LogP contribution in [-0.4, -0.2) is 106 Å². The molecule has 3 N–H and O–H groups in total. The molecule has 0 fully saturated rings. The molecule has 0 radical (unpaired) electrons. The zero-order valence-electron chi connectivity index (χ0n) is 30.2. The molecule has 1 aliphatic rings. The van der Waals surface area contributed by atoms with E-state index < -0.39 is 63.2 Å². The van der Waals surface area contributed by atoms with Gasteiger partial charge in [-0.25, -0.2) is 33.9 Å². The quantitative estimate of drug-likeness (QED) is 0.167. The average molecular weight is 767 g/mol. The van der Waals surface area contributed by atoms with Crippen LogP contribution in [0.3, 0.4) is 0 Å². The molecule has 52 heavy (non-hydrogen) atoms. The van der Waals surface area contributed by atoms with Crippen LogP contribution in [0.2, 0.25) is 0 Å². The van der Waals surface area contributed by atoms with Gasteiger partial charge >= 0.3 is 29.3 Å². The molecule has 0 unspecified atom stereocenters. The van der Waals surface area contributed by atoms with Crippen molar-refractivity contribution < 1.29 is 47.7 Å². The van der Waals surface area contributed by atoms with Crippen LogP contribution < -0.4 is 22.5 Å². The van der Waals surface area contributed by atoms with Crippen molar-refractivity contribution in [2.75, 3.05) is 27.6 Å². The monoisotopic (exact) mass is 766 g/mol. The zero-order chi connectivity index (χ0) is 39.8. The lowest BCUT2D eigenvalue weighted by Gasteiger charge is -2.11. The Balaban J connectivity index is -0.000000634. The third-order valence-electron chi connectivity index (χ3n) is 6.08. The second kappa shape index (κ2) is 23.3. The van der Waals surface area contributed by atoms with E-state index in [2.05, 4.69) is 38.3 Å². The molecule has 21 nitrogen and oxygen atoms in total. The van der Waals surface area contributed by atoms with Crippen molar-refractivity contribution in [2.45, 2.75) is 74.1 Å². The zero-order valence-corrected chi connectivity index (χ0v) is 30.0. The molecule has 0 amide bonds. The second-order valence-electron chi connectivity index (χ2n) is 9.64. The summed E-state index contributed by atoms with van der Waals surface area (Å²) in [5, 5.41) is 8.35. The lowest BCUT2D eigenvalue weighted by molar-refractivity contribution is -0.149. The van der Waals surface area contributed by atoms with Gasteiger partial charge in [-0.2, -0.15) is 8.42 Å². The van der Waals surface area contributed by atoms with E-state index in [0.29, 0.717) is 24.7 Å². The highest BCUT2D eigenvalue weighted by molar-refractivity contribution is 7.86. The highest BCUT2D eigenvalue weighted by Crippen LogP contribution is 2.16. The molecule has 3 aromatic rings. The number of aliphatic hydroxyl groups excluding tert-OH is 1. The average Bonchev–Trinajstić information content (AvgIpc) is 3.74. The molecule has 22 heteroatoms. The third-order valence-corrected chi connectivity index (χ3v) is 6.72. The van der Waals surface area contributed by atoms with Crippen LogP contribution in [-0.2, 0) is 63.4 Å². The summed E-state index contributed by atoms with van der Waals surface area (Å²) in [6.45, 7) is 6.52. The Morgan fingerprint density at radius 1 is 0.904 bits per heavy atom. The number of H-pyrrole nitrogens is 2. The first-order chi connectivity index (χ1) is 23.6.